The highest BCUT2D eigenvalue weighted by Gasteiger charge is 2.60. The predicted molar refractivity (Wildman–Crippen MR) is 72.1 cm³/mol. The fourth-order valence-electron chi connectivity index (χ4n) is 3.80. The van der Waals surface area contributed by atoms with Crippen molar-refractivity contribution in [3.05, 3.63) is 0 Å². The van der Waals surface area contributed by atoms with Crippen LogP contribution < -0.4 is 0 Å². The van der Waals surface area contributed by atoms with E-state index in [0.717, 1.165) is 19.3 Å². The quantitative estimate of drug-likeness (QED) is 0.436. The smallest absolute Gasteiger partial charge is 0.319 e. The van der Waals surface area contributed by atoms with E-state index in [2.05, 4.69) is 22.6 Å². The second-order valence-electron chi connectivity index (χ2n) is 5.57. The largest absolute Gasteiger partial charge is 0.465 e. The highest BCUT2D eigenvalue weighted by atomic mass is 127. The molecule has 0 N–H and O–H groups in total. The fraction of sp³-hybridized carbons (Fsp3) is 0.846. The van der Waals surface area contributed by atoms with Gasteiger partial charge >= 0.3 is 11.9 Å². The van der Waals surface area contributed by atoms with Crippen LogP contribution in [0.4, 0.5) is 0 Å². The Labute approximate surface area is 120 Å². The van der Waals surface area contributed by atoms with Gasteiger partial charge in [-0.15, -0.1) is 0 Å². The van der Waals surface area contributed by atoms with E-state index in [0.29, 0.717) is 18.4 Å². The lowest BCUT2D eigenvalue weighted by Crippen LogP contribution is -2.36. The summed E-state index contributed by atoms with van der Waals surface area (Å²) < 4.78 is 10.7. The first-order valence-electron chi connectivity index (χ1n) is 6.63. The Morgan fingerprint density at radius 3 is 3.00 bits per heavy atom. The summed E-state index contributed by atoms with van der Waals surface area (Å²) in [6, 6.07) is 0. The second kappa shape index (κ2) is 4.65. The van der Waals surface area contributed by atoms with Gasteiger partial charge < -0.3 is 9.47 Å². The molecule has 1 heterocycles. The van der Waals surface area contributed by atoms with Crippen molar-refractivity contribution in [1.29, 1.82) is 0 Å². The van der Waals surface area contributed by atoms with E-state index < -0.39 is 0 Å². The van der Waals surface area contributed by atoms with Crippen molar-refractivity contribution in [3.63, 3.8) is 0 Å². The van der Waals surface area contributed by atoms with Crippen LogP contribution in [-0.4, -0.2) is 28.6 Å². The normalized spacial score (nSPS) is 42.6. The summed E-state index contributed by atoms with van der Waals surface area (Å²) in [6.07, 6.45) is 2.67. The van der Waals surface area contributed by atoms with Crippen LogP contribution in [0.25, 0.3) is 0 Å². The Morgan fingerprint density at radius 2 is 2.28 bits per heavy atom. The molecule has 6 unspecified atom stereocenters. The molecule has 0 aromatic rings. The van der Waals surface area contributed by atoms with Crippen molar-refractivity contribution in [2.75, 3.05) is 6.61 Å². The fourth-order valence-corrected chi connectivity index (χ4v) is 3.94. The first-order valence-corrected chi connectivity index (χ1v) is 7.87. The first-order chi connectivity index (χ1) is 8.61. The van der Waals surface area contributed by atoms with Gasteiger partial charge in [0.2, 0.25) is 0 Å². The number of rotatable bonds is 3. The molecule has 18 heavy (non-hydrogen) atoms. The maximum Gasteiger partial charge on any atom is 0.319 e. The third-order valence-electron chi connectivity index (χ3n) is 4.69. The molecule has 1 saturated heterocycles. The minimum absolute atomic E-state index is 0.00385. The molecule has 2 aliphatic carbocycles. The van der Waals surface area contributed by atoms with Crippen LogP contribution in [0.15, 0.2) is 0 Å². The molecule has 0 radical (unpaired) electrons. The highest BCUT2D eigenvalue weighted by Crippen LogP contribution is 2.56. The Morgan fingerprint density at radius 1 is 1.50 bits per heavy atom. The lowest BCUT2D eigenvalue weighted by Gasteiger charge is -2.28. The van der Waals surface area contributed by atoms with Crippen molar-refractivity contribution in [2.45, 2.75) is 36.2 Å². The second-order valence-corrected chi connectivity index (χ2v) is 7.07. The van der Waals surface area contributed by atoms with Gasteiger partial charge in [0, 0.05) is 11.8 Å². The third kappa shape index (κ3) is 1.85. The molecule has 1 aliphatic heterocycles. The Bertz CT molecular complexity index is 383. The van der Waals surface area contributed by atoms with Gasteiger partial charge in [0.25, 0.3) is 0 Å². The van der Waals surface area contributed by atoms with Crippen LogP contribution >= 0.6 is 22.6 Å². The number of cyclic esters (lactones) is 1. The average Bonchev–Trinajstić information content (AvgIpc) is 3.01. The van der Waals surface area contributed by atoms with Gasteiger partial charge in [-0.2, -0.15) is 0 Å². The molecule has 0 spiro atoms. The summed E-state index contributed by atoms with van der Waals surface area (Å²) in [6.45, 7) is 2.55. The van der Waals surface area contributed by atoms with E-state index >= 15 is 0 Å². The molecule has 3 rings (SSSR count). The van der Waals surface area contributed by atoms with Crippen LogP contribution in [0, 0.1) is 23.7 Å². The molecular weight excluding hydrogens is 347 g/mol. The monoisotopic (exact) mass is 364 g/mol. The van der Waals surface area contributed by atoms with Gasteiger partial charge in [-0.25, -0.2) is 0 Å². The number of fused-ring (bicyclic) bond motifs is 5. The van der Waals surface area contributed by atoms with Crippen LogP contribution in [0.5, 0.6) is 0 Å². The standard InChI is InChI=1S/C13H17IO4/c1-2-9(14)12(15)18-10-4-6-3-7(10)11-8(6)5-17-13(11)16/h6-11H,2-5H2,1H3. The number of halogens is 1. The third-order valence-corrected chi connectivity index (χ3v) is 6.08. The SMILES string of the molecule is CCC(I)C(=O)OC1CC2CC1C1C(=O)OCC21. The molecule has 6 atom stereocenters. The Kier molecular flexibility index (Phi) is 3.28. The zero-order valence-corrected chi connectivity index (χ0v) is 12.5. The molecule has 0 amide bonds. The van der Waals surface area contributed by atoms with Gasteiger partial charge in [0.1, 0.15) is 10.0 Å². The summed E-state index contributed by atoms with van der Waals surface area (Å²) in [4.78, 5) is 23.5. The van der Waals surface area contributed by atoms with E-state index in [1.165, 1.54) is 0 Å². The number of esters is 2. The van der Waals surface area contributed by atoms with Gasteiger partial charge in [-0.1, -0.05) is 29.5 Å². The molecule has 0 aromatic heterocycles. The Balaban J connectivity index is 1.67. The zero-order valence-electron chi connectivity index (χ0n) is 10.3. The van der Waals surface area contributed by atoms with Crippen molar-refractivity contribution in [3.8, 4) is 0 Å². The molecule has 4 nitrogen and oxygen atoms in total. The van der Waals surface area contributed by atoms with Crippen LogP contribution in [0.3, 0.4) is 0 Å². The van der Waals surface area contributed by atoms with E-state index in [-0.39, 0.29) is 33.8 Å². The lowest BCUT2D eigenvalue weighted by molar-refractivity contribution is -0.155. The number of carbonyl (C=O) groups excluding carboxylic acids is 2. The summed E-state index contributed by atoms with van der Waals surface area (Å²) >= 11 is 2.12. The molecule has 3 fully saturated rings. The van der Waals surface area contributed by atoms with E-state index in [4.69, 9.17) is 9.47 Å². The molecule has 5 heteroatoms. The van der Waals surface area contributed by atoms with Crippen molar-refractivity contribution >= 4 is 34.5 Å². The van der Waals surface area contributed by atoms with E-state index in [9.17, 15) is 9.59 Å². The number of carbonyl (C=O) groups is 2. The predicted octanol–water partition coefficient (Wildman–Crippen LogP) is 1.94. The topological polar surface area (TPSA) is 52.6 Å². The number of alkyl halides is 1. The molecular formula is C13H17IO4. The molecule has 2 bridgehead atoms. The molecule has 2 saturated carbocycles. The number of ether oxygens (including phenoxy) is 2. The molecule has 100 valence electrons. The minimum atomic E-state index is -0.126. The van der Waals surface area contributed by atoms with Crippen molar-refractivity contribution in [1.82, 2.24) is 0 Å². The summed E-state index contributed by atoms with van der Waals surface area (Å²) in [5.74, 6) is 0.904. The summed E-state index contributed by atoms with van der Waals surface area (Å²) in [5.41, 5.74) is 0. The zero-order chi connectivity index (χ0) is 12.9. The average molecular weight is 364 g/mol. The van der Waals surface area contributed by atoms with Gasteiger partial charge in [-0.05, 0) is 25.2 Å². The summed E-state index contributed by atoms with van der Waals surface area (Å²) in [7, 11) is 0. The van der Waals surface area contributed by atoms with Gasteiger partial charge in [-0.3, -0.25) is 9.59 Å². The maximum absolute atomic E-state index is 11.8. The van der Waals surface area contributed by atoms with Crippen molar-refractivity contribution in [2.24, 2.45) is 23.7 Å². The molecule has 0 aromatic carbocycles. The Hall–Kier alpha value is -0.330. The van der Waals surface area contributed by atoms with Crippen LogP contribution in [0.2, 0.25) is 0 Å². The molecule has 3 aliphatic rings. The number of hydrogen-bond donors (Lipinski definition) is 0. The van der Waals surface area contributed by atoms with Crippen molar-refractivity contribution < 1.29 is 19.1 Å². The van der Waals surface area contributed by atoms with Crippen LogP contribution in [0.1, 0.15) is 26.2 Å². The summed E-state index contributed by atoms with van der Waals surface area (Å²) in [5, 5.41) is 0. The van der Waals surface area contributed by atoms with Gasteiger partial charge in [0.05, 0.1) is 12.5 Å². The number of hydrogen-bond acceptors (Lipinski definition) is 4. The lowest BCUT2D eigenvalue weighted by atomic mass is 9.80. The minimum Gasteiger partial charge on any atom is -0.465 e. The van der Waals surface area contributed by atoms with E-state index in [1.54, 1.807) is 0 Å². The van der Waals surface area contributed by atoms with E-state index in [1.807, 2.05) is 6.92 Å². The highest BCUT2D eigenvalue weighted by molar-refractivity contribution is 14.1. The van der Waals surface area contributed by atoms with Crippen LogP contribution in [-0.2, 0) is 19.1 Å². The first kappa shape index (κ1) is 12.7. The maximum atomic E-state index is 11.8. The van der Waals surface area contributed by atoms with Gasteiger partial charge in [0.15, 0.2) is 0 Å².